The predicted octanol–water partition coefficient (Wildman–Crippen LogP) is 2.15. The molecule has 0 aliphatic rings. The standard InChI is InChI=1S/C11H10N2O.C3H6O2/c12-11(14)6-5-8-7-13-10-4-2-1-3-9(8)10;1-2-3(4)5/h1-7,13H,(H2,12,14);2H2,1H3,(H,4,5). The van der Waals surface area contributed by atoms with E-state index in [-0.39, 0.29) is 6.42 Å². The highest BCUT2D eigenvalue weighted by atomic mass is 16.4. The van der Waals surface area contributed by atoms with Gasteiger partial charge in [0.1, 0.15) is 0 Å². The molecule has 5 heteroatoms. The Bertz CT molecular complexity index is 600. The van der Waals surface area contributed by atoms with Crippen LogP contribution in [-0.4, -0.2) is 22.0 Å². The van der Waals surface area contributed by atoms with Crippen LogP contribution in [0.5, 0.6) is 0 Å². The first-order chi connectivity index (χ1) is 9.04. The van der Waals surface area contributed by atoms with Gasteiger partial charge >= 0.3 is 5.97 Å². The zero-order valence-corrected chi connectivity index (χ0v) is 10.6. The summed E-state index contributed by atoms with van der Waals surface area (Å²) >= 11 is 0. The second-order valence-corrected chi connectivity index (χ2v) is 3.77. The molecule has 1 amide bonds. The quantitative estimate of drug-likeness (QED) is 0.738. The van der Waals surface area contributed by atoms with Crippen molar-refractivity contribution < 1.29 is 14.7 Å². The molecule has 0 atom stereocenters. The molecular formula is C14H16N2O3. The molecule has 0 fully saturated rings. The fourth-order valence-electron chi connectivity index (χ4n) is 1.40. The van der Waals surface area contributed by atoms with Crippen molar-refractivity contribution >= 4 is 28.9 Å². The number of nitrogens with one attached hydrogen (secondary N) is 1. The second-order valence-electron chi connectivity index (χ2n) is 3.77. The Balaban J connectivity index is 0.000000312. The summed E-state index contributed by atoms with van der Waals surface area (Å²) in [6.45, 7) is 1.60. The molecule has 1 aromatic heterocycles. The highest BCUT2D eigenvalue weighted by Crippen LogP contribution is 2.18. The molecule has 19 heavy (non-hydrogen) atoms. The zero-order chi connectivity index (χ0) is 14.3. The van der Waals surface area contributed by atoms with E-state index < -0.39 is 11.9 Å². The van der Waals surface area contributed by atoms with E-state index in [1.807, 2.05) is 30.5 Å². The van der Waals surface area contributed by atoms with E-state index in [4.69, 9.17) is 10.8 Å². The number of nitrogens with two attached hydrogens (primary N) is 1. The van der Waals surface area contributed by atoms with Crippen molar-refractivity contribution in [2.45, 2.75) is 13.3 Å². The number of carboxylic acids is 1. The van der Waals surface area contributed by atoms with Crippen molar-refractivity contribution in [2.24, 2.45) is 5.73 Å². The maximum Gasteiger partial charge on any atom is 0.303 e. The number of carbonyl (C=O) groups is 2. The fraction of sp³-hybridized carbons (Fsp3) is 0.143. The molecule has 5 nitrogen and oxygen atoms in total. The minimum atomic E-state index is -0.745. The lowest BCUT2D eigenvalue weighted by atomic mass is 10.1. The topological polar surface area (TPSA) is 96.2 Å². The van der Waals surface area contributed by atoms with Crippen LogP contribution in [0.3, 0.4) is 0 Å². The van der Waals surface area contributed by atoms with Crippen molar-refractivity contribution in [1.82, 2.24) is 4.98 Å². The van der Waals surface area contributed by atoms with Crippen molar-refractivity contribution in [3.05, 3.63) is 42.1 Å². The van der Waals surface area contributed by atoms with Crippen molar-refractivity contribution in [3.63, 3.8) is 0 Å². The molecule has 0 radical (unpaired) electrons. The van der Waals surface area contributed by atoms with Crippen LogP contribution in [0.2, 0.25) is 0 Å². The lowest BCUT2D eigenvalue weighted by Gasteiger charge is -1.89. The largest absolute Gasteiger partial charge is 0.481 e. The van der Waals surface area contributed by atoms with Crippen LogP contribution in [0.1, 0.15) is 18.9 Å². The molecule has 0 saturated carbocycles. The van der Waals surface area contributed by atoms with Gasteiger partial charge in [-0.1, -0.05) is 25.1 Å². The van der Waals surface area contributed by atoms with Crippen LogP contribution in [0.25, 0.3) is 17.0 Å². The van der Waals surface area contributed by atoms with E-state index in [1.165, 1.54) is 6.08 Å². The van der Waals surface area contributed by atoms with Crippen molar-refractivity contribution in [2.75, 3.05) is 0 Å². The van der Waals surface area contributed by atoms with E-state index in [2.05, 4.69) is 4.98 Å². The number of H-pyrrole nitrogens is 1. The van der Waals surface area contributed by atoms with Crippen molar-refractivity contribution in [3.8, 4) is 0 Å². The number of aromatic nitrogens is 1. The van der Waals surface area contributed by atoms with Gasteiger partial charge in [0.25, 0.3) is 0 Å². The van der Waals surface area contributed by atoms with Gasteiger partial charge in [-0.15, -0.1) is 0 Å². The van der Waals surface area contributed by atoms with Gasteiger partial charge < -0.3 is 15.8 Å². The van der Waals surface area contributed by atoms with Gasteiger partial charge in [-0.05, 0) is 17.7 Å². The second kappa shape index (κ2) is 7.00. The van der Waals surface area contributed by atoms with E-state index >= 15 is 0 Å². The minimum Gasteiger partial charge on any atom is -0.481 e. The molecule has 100 valence electrons. The number of aromatic amines is 1. The Kier molecular flexibility index (Phi) is 5.35. The number of amides is 1. The van der Waals surface area contributed by atoms with Gasteiger partial charge in [0.05, 0.1) is 0 Å². The number of primary amides is 1. The zero-order valence-electron chi connectivity index (χ0n) is 10.6. The van der Waals surface area contributed by atoms with Gasteiger partial charge in [0, 0.05) is 29.6 Å². The number of aliphatic carboxylic acids is 1. The Labute approximate surface area is 110 Å². The van der Waals surface area contributed by atoms with Gasteiger partial charge in [-0.25, -0.2) is 0 Å². The number of carbonyl (C=O) groups excluding carboxylic acids is 1. The van der Waals surface area contributed by atoms with Crippen LogP contribution >= 0.6 is 0 Å². The smallest absolute Gasteiger partial charge is 0.303 e. The average molecular weight is 260 g/mol. The number of fused-ring (bicyclic) bond motifs is 1. The molecule has 0 bridgehead atoms. The highest BCUT2D eigenvalue weighted by Gasteiger charge is 1.98. The number of carboxylic acid groups (broad SMARTS) is 1. The Morgan fingerprint density at radius 1 is 1.37 bits per heavy atom. The number of rotatable bonds is 3. The van der Waals surface area contributed by atoms with Crippen LogP contribution in [-0.2, 0) is 9.59 Å². The molecule has 4 N–H and O–H groups in total. The molecule has 1 heterocycles. The number of para-hydroxylation sites is 1. The average Bonchev–Trinajstić information content (AvgIpc) is 2.80. The van der Waals surface area contributed by atoms with Gasteiger partial charge in [-0.2, -0.15) is 0 Å². The molecular weight excluding hydrogens is 244 g/mol. The van der Waals surface area contributed by atoms with Crippen LogP contribution in [0, 0.1) is 0 Å². The summed E-state index contributed by atoms with van der Waals surface area (Å²) in [5, 5.41) is 8.81. The van der Waals surface area contributed by atoms with Gasteiger partial charge in [0.15, 0.2) is 0 Å². The maximum atomic E-state index is 10.6. The Hall–Kier alpha value is -2.56. The molecule has 0 spiro atoms. The first kappa shape index (κ1) is 14.5. The van der Waals surface area contributed by atoms with E-state index in [1.54, 1.807) is 13.0 Å². The van der Waals surface area contributed by atoms with Crippen LogP contribution in [0.15, 0.2) is 36.5 Å². The third-order valence-corrected chi connectivity index (χ3v) is 2.35. The molecule has 0 unspecified atom stereocenters. The summed E-state index contributed by atoms with van der Waals surface area (Å²) in [6, 6.07) is 7.89. The molecule has 2 aromatic rings. The summed E-state index contributed by atoms with van der Waals surface area (Å²) in [5.74, 6) is -1.18. The minimum absolute atomic E-state index is 0.222. The molecule has 2 rings (SSSR count). The number of hydrogen-bond acceptors (Lipinski definition) is 2. The predicted molar refractivity (Wildman–Crippen MR) is 74.5 cm³/mol. The number of hydrogen-bond donors (Lipinski definition) is 3. The maximum absolute atomic E-state index is 10.6. The Morgan fingerprint density at radius 3 is 2.58 bits per heavy atom. The fourth-order valence-corrected chi connectivity index (χ4v) is 1.40. The summed E-state index contributed by atoms with van der Waals surface area (Å²) in [7, 11) is 0. The highest BCUT2D eigenvalue weighted by molar-refractivity contribution is 5.95. The Morgan fingerprint density at radius 2 is 2.00 bits per heavy atom. The molecule has 0 aliphatic carbocycles. The van der Waals surface area contributed by atoms with Crippen LogP contribution in [0.4, 0.5) is 0 Å². The molecule has 1 aromatic carbocycles. The summed E-state index contributed by atoms with van der Waals surface area (Å²) in [5.41, 5.74) is 7.04. The summed E-state index contributed by atoms with van der Waals surface area (Å²) < 4.78 is 0. The lowest BCUT2D eigenvalue weighted by Crippen LogP contribution is -2.04. The molecule has 0 aliphatic heterocycles. The van der Waals surface area contributed by atoms with E-state index in [9.17, 15) is 9.59 Å². The van der Waals surface area contributed by atoms with E-state index in [0.29, 0.717) is 0 Å². The summed E-state index contributed by atoms with van der Waals surface area (Å²) in [6.07, 6.45) is 5.14. The van der Waals surface area contributed by atoms with E-state index in [0.717, 1.165) is 16.5 Å². The SMILES string of the molecule is CCC(=O)O.NC(=O)C=Cc1c[nH]c2ccccc12. The lowest BCUT2D eigenvalue weighted by molar-refractivity contribution is -0.136. The monoisotopic (exact) mass is 260 g/mol. The summed E-state index contributed by atoms with van der Waals surface area (Å²) in [4.78, 5) is 23.0. The van der Waals surface area contributed by atoms with Crippen molar-refractivity contribution in [1.29, 1.82) is 0 Å². The van der Waals surface area contributed by atoms with Gasteiger partial charge in [-0.3, -0.25) is 9.59 Å². The molecule has 0 saturated heterocycles. The third kappa shape index (κ3) is 4.67. The normalized spacial score (nSPS) is 10.2. The third-order valence-electron chi connectivity index (χ3n) is 2.35. The van der Waals surface area contributed by atoms with Crippen LogP contribution < -0.4 is 5.73 Å². The number of benzene rings is 1. The first-order valence-electron chi connectivity index (χ1n) is 5.80. The van der Waals surface area contributed by atoms with Gasteiger partial charge in [0.2, 0.25) is 5.91 Å². The first-order valence-corrected chi connectivity index (χ1v) is 5.80.